The van der Waals surface area contributed by atoms with Crippen LogP contribution >= 0.6 is 0 Å². The third-order valence-corrected chi connectivity index (χ3v) is 4.26. The highest BCUT2D eigenvalue weighted by Crippen LogP contribution is 2.24. The number of benzene rings is 1. The molecule has 1 aromatic carbocycles. The number of hydrogen-bond acceptors (Lipinski definition) is 3. The number of nitrogens with zero attached hydrogens (tertiary/aromatic N) is 4. The summed E-state index contributed by atoms with van der Waals surface area (Å²) in [4.78, 5) is 30.3. The van der Waals surface area contributed by atoms with E-state index in [2.05, 4.69) is 4.98 Å². The Morgan fingerprint density at radius 2 is 1.96 bits per heavy atom. The van der Waals surface area contributed by atoms with Crippen LogP contribution in [0.1, 0.15) is 5.56 Å². The average molecular weight is 342 g/mol. The highest BCUT2D eigenvalue weighted by atomic mass is 19.1. The van der Waals surface area contributed by atoms with E-state index < -0.39 is 0 Å². The van der Waals surface area contributed by atoms with Crippen LogP contribution in [0, 0.1) is 12.7 Å². The first-order valence-corrected chi connectivity index (χ1v) is 7.81. The van der Waals surface area contributed by atoms with E-state index >= 15 is 0 Å². The quantitative estimate of drug-likeness (QED) is 0.731. The summed E-state index contributed by atoms with van der Waals surface area (Å²) in [5.74, 6) is -0.455. The summed E-state index contributed by atoms with van der Waals surface area (Å²) < 4.78 is 16.3. The van der Waals surface area contributed by atoms with E-state index in [1.165, 1.54) is 20.1 Å². The predicted molar refractivity (Wildman–Crippen MR) is 93.8 cm³/mol. The molecule has 130 valence electrons. The monoisotopic (exact) mass is 342 g/mol. The maximum Gasteiger partial charge on any atom is 0.330 e. The van der Waals surface area contributed by atoms with Crippen molar-refractivity contribution in [2.45, 2.75) is 13.5 Å². The molecule has 25 heavy (non-hydrogen) atoms. The van der Waals surface area contributed by atoms with Crippen molar-refractivity contribution in [3.8, 4) is 11.1 Å². The normalized spacial score (nSPS) is 11.1. The zero-order valence-electron chi connectivity index (χ0n) is 14.6. The molecule has 2 heterocycles. The molecule has 3 aromatic rings. The number of halogens is 1. The third-order valence-electron chi connectivity index (χ3n) is 4.26. The second-order valence-electron chi connectivity index (χ2n) is 6.25. The molecule has 1 amide bonds. The summed E-state index contributed by atoms with van der Waals surface area (Å²) in [6.07, 6.45) is 1.65. The maximum atomic E-state index is 13.5. The van der Waals surface area contributed by atoms with Gasteiger partial charge in [-0.2, -0.15) is 0 Å². The van der Waals surface area contributed by atoms with Gasteiger partial charge in [0.1, 0.15) is 12.4 Å². The van der Waals surface area contributed by atoms with Gasteiger partial charge >= 0.3 is 5.69 Å². The number of carbonyl (C=O) groups is 1. The Morgan fingerprint density at radius 1 is 1.24 bits per heavy atom. The first-order chi connectivity index (χ1) is 11.8. The Hall–Kier alpha value is -2.96. The summed E-state index contributed by atoms with van der Waals surface area (Å²) in [7, 11) is 4.91. The van der Waals surface area contributed by atoms with Gasteiger partial charge in [-0.1, -0.05) is 6.07 Å². The second kappa shape index (κ2) is 6.16. The molecule has 0 saturated carbocycles. The number of hydrogen-bond donors (Lipinski definition) is 0. The standard InChI is InChI=1S/C18H19FN4O2/c1-11-7-12(5-6-14(11)19)13-8-15-17(20-9-13)22(4)18(25)23(15)10-16(24)21(2)3/h5-9H,10H2,1-4H3. The Bertz CT molecular complexity index is 1030. The largest absolute Gasteiger partial charge is 0.347 e. The van der Waals surface area contributed by atoms with Crippen molar-refractivity contribution in [2.24, 2.45) is 7.05 Å². The van der Waals surface area contributed by atoms with Crippen LogP contribution in [0.2, 0.25) is 0 Å². The molecule has 0 aliphatic heterocycles. The SMILES string of the molecule is Cc1cc(-c2cnc3c(c2)n(CC(=O)N(C)C)c(=O)n3C)ccc1F. The lowest BCUT2D eigenvalue weighted by atomic mass is 10.0. The Morgan fingerprint density at radius 3 is 2.60 bits per heavy atom. The number of amides is 1. The van der Waals surface area contributed by atoms with Crippen molar-refractivity contribution in [2.75, 3.05) is 14.1 Å². The minimum Gasteiger partial charge on any atom is -0.347 e. The van der Waals surface area contributed by atoms with Crippen LogP contribution in [0.15, 0.2) is 35.3 Å². The lowest BCUT2D eigenvalue weighted by molar-refractivity contribution is -0.129. The van der Waals surface area contributed by atoms with Gasteiger partial charge in [0.15, 0.2) is 5.65 Å². The van der Waals surface area contributed by atoms with Crippen LogP contribution < -0.4 is 5.69 Å². The molecule has 3 rings (SSSR count). The van der Waals surface area contributed by atoms with E-state index in [1.54, 1.807) is 52.5 Å². The molecule has 0 spiro atoms. The number of pyridine rings is 1. The van der Waals surface area contributed by atoms with Crippen molar-refractivity contribution in [1.82, 2.24) is 19.0 Å². The Balaban J connectivity index is 2.17. The van der Waals surface area contributed by atoms with Gasteiger partial charge in [0, 0.05) is 32.9 Å². The molecule has 0 atom stereocenters. The van der Waals surface area contributed by atoms with Gasteiger partial charge in [-0.25, -0.2) is 14.2 Å². The highest BCUT2D eigenvalue weighted by Gasteiger charge is 2.16. The zero-order valence-corrected chi connectivity index (χ0v) is 14.6. The molecule has 0 N–H and O–H groups in total. The smallest absolute Gasteiger partial charge is 0.330 e. The van der Waals surface area contributed by atoms with E-state index in [4.69, 9.17) is 0 Å². The lowest BCUT2D eigenvalue weighted by Gasteiger charge is -2.11. The fourth-order valence-corrected chi connectivity index (χ4v) is 2.69. The number of fused-ring (bicyclic) bond motifs is 1. The van der Waals surface area contributed by atoms with Gasteiger partial charge < -0.3 is 4.90 Å². The number of likely N-dealkylation sites (N-methyl/N-ethyl adjacent to an activating group) is 1. The fraction of sp³-hybridized carbons (Fsp3) is 0.278. The van der Waals surface area contributed by atoms with Gasteiger partial charge in [0.05, 0.1) is 5.52 Å². The van der Waals surface area contributed by atoms with Crippen molar-refractivity contribution < 1.29 is 9.18 Å². The van der Waals surface area contributed by atoms with Crippen molar-refractivity contribution >= 4 is 17.1 Å². The van der Waals surface area contributed by atoms with Crippen LogP contribution in [0.5, 0.6) is 0 Å². The number of imidazole rings is 1. The van der Waals surface area contributed by atoms with E-state index in [9.17, 15) is 14.0 Å². The molecule has 0 aliphatic carbocycles. The Labute approximate surface area is 144 Å². The summed E-state index contributed by atoms with van der Waals surface area (Å²) in [5.41, 5.74) is 2.86. The molecule has 2 aromatic heterocycles. The molecule has 0 fully saturated rings. The molecule has 0 bridgehead atoms. The Kier molecular flexibility index (Phi) is 4.16. The summed E-state index contributed by atoms with van der Waals surface area (Å²) in [6, 6.07) is 6.61. The van der Waals surface area contributed by atoms with E-state index in [0.29, 0.717) is 16.7 Å². The minimum atomic E-state index is -0.301. The molecule has 0 radical (unpaired) electrons. The zero-order chi connectivity index (χ0) is 18.3. The van der Waals surface area contributed by atoms with Gasteiger partial charge in [0.25, 0.3) is 0 Å². The number of rotatable bonds is 3. The van der Waals surface area contributed by atoms with Crippen LogP contribution in [-0.2, 0) is 18.4 Å². The van der Waals surface area contributed by atoms with Crippen molar-refractivity contribution in [3.05, 3.63) is 52.3 Å². The number of carbonyl (C=O) groups excluding carboxylic acids is 1. The molecule has 0 saturated heterocycles. The minimum absolute atomic E-state index is 0.0588. The predicted octanol–water partition coefficient (Wildman–Crippen LogP) is 1.94. The second-order valence-corrected chi connectivity index (χ2v) is 6.25. The van der Waals surface area contributed by atoms with E-state index in [-0.39, 0.29) is 24.0 Å². The van der Waals surface area contributed by atoms with E-state index in [1.807, 2.05) is 0 Å². The van der Waals surface area contributed by atoms with Gasteiger partial charge in [-0.15, -0.1) is 0 Å². The van der Waals surface area contributed by atoms with Gasteiger partial charge in [0.2, 0.25) is 5.91 Å². The topological polar surface area (TPSA) is 60.1 Å². The van der Waals surface area contributed by atoms with Gasteiger partial charge in [-0.3, -0.25) is 13.9 Å². The van der Waals surface area contributed by atoms with Crippen molar-refractivity contribution in [1.29, 1.82) is 0 Å². The third kappa shape index (κ3) is 2.93. The first kappa shape index (κ1) is 16.9. The van der Waals surface area contributed by atoms with Crippen LogP contribution in [0.25, 0.3) is 22.3 Å². The number of aromatic nitrogens is 3. The molecular weight excluding hydrogens is 323 g/mol. The van der Waals surface area contributed by atoms with Crippen LogP contribution in [0.3, 0.4) is 0 Å². The molecule has 7 heteroatoms. The summed E-state index contributed by atoms with van der Waals surface area (Å²) in [6.45, 7) is 1.63. The van der Waals surface area contributed by atoms with E-state index in [0.717, 1.165) is 11.1 Å². The molecular formula is C18H19FN4O2. The van der Waals surface area contributed by atoms with Crippen molar-refractivity contribution in [3.63, 3.8) is 0 Å². The van der Waals surface area contributed by atoms with Crippen LogP contribution in [0.4, 0.5) is 4.39 Å². The molecule has 6 nitrogen and oxygen atoms in total. The number of aryl methyl sites for hydroxylation is 2. The molecule has 0 unspecified atom stereocenters. The molecule has 0 aliphatic rings. The first-order valence-electron chi connectivity index (χ1n) is 7.81. The summed E-state index contributed by atoms with van der Waals surface area (Å²) >= 11 is 0. The lowest BCUT2D eigenvalue weighted by Crippen LogP contribution is -2.31. The maximum absolute atomic E-state index is 13.5. The average Bonchev–Trinajstić information content (AvgIpc) is 2.81. The summed E-state index contributed by atoms with van der Waals surface area (Å²) in [5, 5.41) is 0. The highest BCUT2D eigenvalue weighted by molar-refractivity contribution is 5.82. The fourth-order valence-electron chi connectivity index (χ4n) is 2.69. The van der Waals surface area contributed by atoms with Gasteiger partial charge in [-0.05, 0) is 36.2 Å². The van der Waals surface area contributed by atoms with Crippen LogP contribution in [-0.4, -0.2) is 39.0 Å².